The molecule has 0 aliphatic rings. The maximum absolute atomic E-state index is 10.2. The van der Waals surface area contributed by atoms with Crippen LogP contribution in [0.4, 0.5) is 0 Å². The Balaban J connectivity index is 2.30. The minimum Gasteiger partial charge on any atom is -0.507 e. The SMILES string of the molecule is CCn1c(-c2cc3cc(Br)ccc3cc2O)n[nH]c1=S. The molecular weight excluding hydrogens is 338 g/mol. The Morgan fingerprint density at radius 3 is 2.85 bits per heavy atom. The molecule has 1 heterocycles. The van der Waals surface area contributed by atoms with E-state index in [1.807, 2.05) is 35.8 Å². The molecule has 0 saturated carbocycles. The van der Waals surface area contributed by atoms with Gasteiger partial charge in [-0.15, -0.1) is 0 Å². The lowest BCUT2D eigenvalue weighted by Crippen LogP contribution is -1.97. The fourth-order valence-corrected chi connectivity index (χ4v) is 2.89. The van der Waals surface area contributed by atoms with Crippen LogP contribution in [0.15, 0.2) is 34.8 Å². The summed E-state index contributed by atoms with van der Waals surface area (Å²) in [6.07, 6.45) is 0. The van der Waals surface area contributed by atoms with Crippen LogP contribution in [-0.4, -0.2) is 19.9 Å². The summed E-state index contributed by atoms with van der Waals surface area (Å²) in [5.74, 6) is 0.848. The van der Waals surface area contributed by atoms with Crippen LogP contribution in [0.2, 0.25) is 0 Å². The molecule has 0 radical (unpaired) electrons. The maximum atomic E-state index is 10.2. The number of benzene rings is 2. The molecule has 6 heteroatoms. The summed E-state index contributed by atoms with van der Waals surface area (Å²) in [7, 11) is 0. The Labute approximate surface area is 129 Å². The van der Waals surface area contributed by atoms with Crippen LogP contribution in [0.5, 0.6) is 5.75 Å². The molecule has 20 heavy (non-hydrogen) atoms. The zero-order valence-corrected chi connectivity index (χ0v) is 13.1. The number of aromatic nitrogens is 3. The molecule has 0 aliphatic carbocycles. The van der Waals surface area contributed by atoms with E-state index < -0.39 is 0 Å². The highest BCUT2D eigenvalue weighted by atomic mass is 79.9. The van der Waals surface area contributed by atoms with Crippen molar-refractivity contribution >= 4 is 38.9 Å². The van der Waals surface area contributed by atoms with Crippen LogP contribution >= 0.6 is 28.1 Å². The van der Waals surface area contributed by atoms with Gasteiger partial charge in [0.25, 0.3) is 0 Å². The zero-order chi connectivity index (χ0) is 14.3. The summed E-state index contributed by atoms with van der Waals surface area (Å²) in [6, 6.07) is 9.58. The molecule has 0 atom stereocenters. The van der Waals surface area contributed by atoms with E-state index in [4.69, 9.17) is 12.2 Å². The lowest BCUT2D eigenvalue weighted by Gasteiger charge is -2.08. The van der Waals surface area contributed by atoms with Crippen molar-refractivity contribution in [3.8, 4) is 17.1 Å². The van der Waals surface area contributed by atoms with Gasteiger partial charge in [-0.2, -0.15) is 5.10 Å². The van der Waals surface area contributed by atoms with Gasteiger partial charge in [-0.3, -0.25) is 5.10 Å². The third-order valence-corrected chi connectivity index (χ3v) is 4.04. The van der Waals surface area contributed by atoms with Crippen molar-refractivity contribution in [3.05, 3.63) is 39.6 Å². The fraction of sp³-hybridized carbons (Fsp3) is 0.143. The van der Waals surface area contributed by atoms with Gasteiger partial charge in [-0.25, -0.2) is 0 Å². The number of aromatic hydroxyl groups is 1. The molecule has 0 fully saturated rings. The molecule has 3 rings (SSSR count). The Kier molecular flexibility index (Phi) is 3.35. The van der Waals surface area contributed by atoms with E-state index in [9.17, 15) is 5.11 Å². The number of hydrogen-bond donors (Lipinski definition) is 2. The van der Waals surface area contributed by atoms with E-state index in [1.165, 1.54) is 0 Å². The molecule has 2 aromatic carbocycles. The number of rotatable bonds is 2. The van der Waals surface area contributed by atoms with Crippen molar-refractivity contribution in [2.24, 2.45) is 0 Å². The first-order valence-corrected chi connectivity index (χ1v) is 7.38. The predicted octanol–water partition coefficient (Wildman–Crippen LogP) is 4.25. The van der Waals surface area contributed by atoms with Crippen LogP contribution in [-0.2, 0) is 6.54 Å². The Hall–Kier alpha value is -1.66. The quantitative estimate of drug-likeness (QED) is 0.680. The van der Waals surface area contributed by atoms with Gasteiger partial charge >= 0.3 is 0 Å². The summed E-state index contributed by atoms with van der Waals surface area (Å²) < 4.78 is 3.40. The maximum Gasteiger partial charge on any atom is 0.195 e. The lowest BCUT2D eigenvalue weighted by atomic mass is 10.1. The van der Waals surface area contributed by atoms with E-state index in [2.05, 4.69) is 26.1 Å². The predicted molar refractivity (Wildman–Crippen MR) is 85.4 cm³/mol. The van der Waals surface area contributed by atoms with Crippen molar-refractivity contribution in [2.75, 3.05) is 0 Å². The standard InChI is InChI=1S/C14H12BrN3OS/c1-2-18-13(16-17-14(18)20)11-6-9-5-10(15)4-3-8(9)7-12(11)19/h3-7,19H,2H2,1H3,(H,17,20). The van der Waals surface area contributed by atoms with E-state index >= 15 is 0 Å². The molecule has 0 saturated heterocycles. The molecule has 0 amide bonds. The van der Waals surface area contributed by atoms with E-state index in [-0.39, 0.29) is 5.75 Å². The minimum atomic E-state index is 0.198. The van der Waals surface area contributed by atoms with E-state index in [0.717, 1.165) is 15.2 Å². The lowest BCUT2D eigenvalue weighted by molar-refractivity contribution is 0.477. The van der Waals surface area contributed by atoms with Crippen molar-refractivity contribution in [2.45, 2.75) is 13.5 Å². The first-order valence-electron chi connectivity index (χ1n) is 6.18. The summed E-state index contributed by atoms with van der Waals surface area (Å²) in [6.45, 7) is 2.68. The Morgan fingerprint density at radius 1 is 1.30 bits per heavy atom. The zero-order valence-electron chi connectivity index (χ0n) is 10.7. The van der Waals surface area contributed by atoms with Gasteiger partial charge in [0, 0.05) is 11.0 Å². The number of H-pyrrole nitrogens is 1. The highest BCUT2D eigenvalue weighted by Crippen LogP contribution is 2.33. The molecule has 0 unspecified atom stereocenters. The average molecular weight is 350 g/mol. The molecule has 0 spiro atoms. The third kappa shape index (κ3) is 2.14. The smallest absolute Gasteiger partial charge is 0.195 e. The van der Waals surface area contributed by atoms with Crippen molar-refractivity contribution in [3.63, 3.8) is 0 Å². The van der Waals surface area contributed by atoms with Crippen molar-refractivity contribution in [1.29, 1.82) is 0 Å². The number of nitrogens with zero attached hydrogens (tertiary/aromatic N) is 2. The second-order valence-electron chi connectivity index (χ2n) is 4.46. The van der Waals surface area contributed by atoms with Crippen LogP contribution in [0, 0.1) is 4.77 Å². The molecule has 2 N–H and O–H groups in total. The van der Waals surface area contributed by atoms with Gasteiger partial charge in [0.15, 0.2) is 10.6 Å². The molecular formula is C14H12BrN3OS. The number of aromatic amines is 1. The molecule has 4 nitrogen and oxygen atoms in total. The normalized spacial score (nSPS) is 11.1. The van der Waals surface area contributed by atoms with Gasteiger partial charge in [0.1, 0.15) is 5.75 Å². The van der Waals surface area contributed by atoms with Gasteiger partial charge in [-0.05, 0) is 54.2 Å². The second kappa shape index (κ2) is 5.03. The van der Waals surface area contributed by atoms with Crippen LogP contribution in [0.3, 0.4) is 0 Å². The van der Waals surface area contributed by atoms with E-state index in [0.29, 0.717) is 22.7 Å². The average Bonchev–Trinajstić information content (AvgIpc) is 2.79. The highest BCUT2D eigenvalue weighted by Gasteiger charge is 2.13. The highest BCUT2D eigenvalue weighted by molar-refractivity contribution is 9.10. The van der Waals surface area contributed by atoms with E-state index in [1.54, 1.807) is 6.07 Å². The topological polar surface area (TPSA) is 53.8 Å². The van der Waals surface area contributed by atoms with Gasteiger partial charge in [0.2, 0.25) is 0 Å². The largest absolute Gasteiger partial charge is 0.507 e. The molecule has 102 valence electrons. The van der Waals surface area contributed by atoms with Crippen molar-refractivity contribution < 1.29 is 5.11 Å². The summed E-state index contributed by atoms with van der Waals surface area (Å²) in [5, 5.41) is 19.2. The summed E-state index contributed by atoms with van der Waals surface area (Å²) in [5.41, 5.74) is 0.671. The molecule has 0 bridgehead atoms. The summed E-state index contributed by atoms with van der Waals surface area (Å²) >= 11 is 8.65. The molecule has 1 aromatic heterocycles. The van der Waals surface area contributed by atoms with Gasteiger partial charge in [0.05, 0.1) is 5.56 Å². The van der Waals surface area contributed by atoms with Crippen LogP contribution in [0.25, 0.3) is 22.2 Å². The monoisotopic (exact) mass is 349 g/mol. The second-order valence-corrected chi connectivity index (χ2v) is 5.76. The Morgan fingerprint density at radius 2 is 2.10 bits per heavy atom. The van der Waals surface area contributed by atoms with Gasteiger partial charge < -0.3 is 9.67 Å². The number of nitrogens with one attached hydrogen (secondary N) is 1. The third-order valence-electron chi connectivity index (χ3n) is 3.23. The number of phenols is 1. The number of fused-ring (bicyclic) bond motifs is 1. The van der Waals surface area contributed by atoms with Crippen LogP contribution in [0.1, 0.15) is 6.92 Å². The first kappa shape index (κ1) is 13.3. The number of hydrogen-bond acceptors (Lipinski definition) is 3. The number of halogens is 1. The summed E-state index contributed by atoms with van der Waals surface area (Å²) in [4.78, 5) is 0. The molecule has 3 aromatic rings. The fourth-order valence-electron chi connectivity index (χ4n) is 2.25. The first-order chi connectivity index (χ1) is 9.60. The Bertz CT molecular complexity index is 853. The van der Waals surface area contributed by atoms with Crippen LogP contribution < -0.4 is 0 Å². The minimum absolute atomic E-state index is 0.198. The molecule has 0 aliphatic heterocycles. The number of phenolic OH excluding ortho intramolecular Hbond substituents is 1. The van der Waals surface area contributed by atoms with Gasteiger partial charge in [-0.1, -0.05) is 22.0 Å². The van der Waals surface area contributed by atoms with Crippen molar-refractivity contribution in [1.82, 2.24) is 14.8 Å².